The largest absolute Gasteiger partial charge is 0.368 e. The molecule has 0 spiro atoms. The Morgan fingerprint density at radius 1 is 1.24 bits per heavy atom. The average Bonchev–Trinajstić information content (AvgIpc) is 2.53. The summed E-state index contributed by atoms with van der Waals surface area (Å²) in [6, 6.07) is 6.72. The molecule has 0 amide bonds. The number of aliphatic imine (C=N–C) groups is 1. The molecule has 6 heteroatoms. The fraction of sp³-hybridized carbons (Fsp3) is 0.533. The molecule has 1 N–H and O–H groups in total. The number of hydrogen-bond donors (Lipinski definition) is 1. The van der Waals surface area contributed by atoms with Gasteiger partial charge in [-0.15, -0.1) is 0 Å². The van der Waals surface area contributed by atoms with Gasteiger partial charge in [0.25, 0.3) is 0 Å². The first-order valence-electron chi connectivity index (χ1n) is 7.19. The Kier molecular flexibility index (Phi) is 6.17. The summed E-state index contributed by atoms with van der Waals surface area (Å²) in [5, 5.41) is 3.39. The van der Waals surface area contributed by atoms with Crippen molar-refractivity contribution in [2.75, 3.05) is 56.7 Å². The molecule has 21 heavy (non-hydrogen) atoms. The molecule has 2 rings (SSSR count). The third kappa shape index (κ3) is 4.52. The van der Waals surface area contributed by atoms with Gasteiger partial charge in [0.05, 0.1) is 0 Å². The van der Waals surface area contributed by atoms with Crippen molar-refractivity contribution in [2.45, 2.75) is 0 Å². The molecule has 0 aromatic heterocycles. The van der Waals surface area contributed by atoms with Gasteiger partial charge < -0.3 is 15.1 Å². The van der Waals surface area contributed by atoms with E-state index in [9.17, 15) is 4.39 Å². The highest BCUT2D eigenvalue weighted by Crippen LogP contribution is 2.16. The summed E-state index contributed by atoms with van der Waals surface area (Å²) < 4.78 is 13.0. The Morgan fingerprint density at radius 3 is 2.48 bits per heavy atom. The Labute approximate surface area is 130 Å². The molecule has 0 aliphatic carbocycles. The van der Waals surface area contributed by atoms with Gasteiger partial charge in [-0.05, 0) is 30.5 Å². The van der Waals surface area contributed by atoms with Crippen LogP contribution in [0.1, 0.15) is 0 Å². The first kappa shape index (κ1) is 15.9. The van der Waals surface area contributed by atoms with Gasteiger partial charge in [0, 0.05) is 51.2 Å². The van der Waals surface area contributed by atoms with Crippen LogP contribution in [0, 0.1) is 5.82 Å². The minimum atomic E-state index is -0.184. The Hall–Kier alpha value is -1.43. The zero-order valence-corrected chi connectivity index (χ0v) is 13.5. The van der Waals surface area contributed by atoms with Crippen molar-refractivity contribution in [3.05, 3.63) is 30.1 Å². The molecule has 1 fully saturated rings. The molecule has 1 aromatic rings. The van der Waals surface area contributed by atoms with Crippen molar-refractivity contribution in [1.82, 2.24) is 10.2 Å². The monoisotopic (exact) mass is 310 g/mol. The molecule has 0 bridgehead atoms. The predicted molar refractivity (Wildman–Crippen MR) is 89.9 cm³/mol. The number of nitrogens with one attached hydrogen (secondary N) is 1. The number of nitrogens with zero attached hydrogens (tertiary/aromatic N) is 3. The first-order chi connectivity index (χ1) is 10.2. The average molecular weight is 310 g/mol. The third-order valence-electron chi connectivity index (χ3n) is 3.57. The summed E-state index contributed by atoms with van der Waals surface area (Å²) in [6.45, 7) is 4.64. The van der Waals surface area contributed by atoms with E-state index in [0.29, 0.717) is 0 Å². The molecule has 0 unspecified atom stereocenters. The molecular formula is C15H23FN4S. The molecule has 0 radical (unpaired) electrons. The summed E-state index contributed by atoms with van der Waals surface area (Å²) in [5.74, 6) is 1.87. The van der Waals surface area contributed by atoms with Crippen LogP contribution < -0.4 is 10.2 Å². The number of hydrogen-bond acceptors (Lipinski definition) is 3. The summed E-state index contributed by atoms with van der Waals surface area (Å²) in [5.41, 5.74) is 1.08. The maximum atomic E-state index is 13.0. The molecule has 1 heterocycles. The number of anilines is 1. The Bertz CT molecular complexity index is 455. The van der Waals surface area contributed by atoms with E-state index in [0.717, 1.165) is 50.1 Å². The smallest absolute Gasteiger partial charge is 0.193 e. The van der Waals surface area contributed by atoms with Gasteiger partial charge in [-0.3, -0.25) is 4.99 Å². The second-order valence-electron chi connectivity index (χ2n) is 4.92. The summed E-state index contributed by atoms with van der Waals surface area (Å²) in [7, 11) is 1.83. The van der Waals surface area contributed by atoms with Crippen LogP contribution in [-0.4, -0.2) is 62.6 Å². The fourth-order valence-electron chi connectivity index (χ4n) is 2.43. The second-order valence-corrected chi connectivity index (χ2v) is 5.90. The number of benzene rings is 1. The van der Waals surface area contributed by atoms with E-state index in [1.807, 2.05) is 30.9 Å². The van der Waals surface area contributed by atoms with Crippen molar-refractivity contribution in [3.8, 4) is 0 Å². The van der Waals surface area contributed by atoms with E-state index >= 15 is 0 Å². The van der Waals surface area contributed by atoms with E-state index in [1.54, 1.807) is 0 Å². The normalized spacial score (nSPS) is 16.2. The first-order valence-corrected chi connectivity index (χ1v) is 8.59. The number of guanidine groups is 1. The topological polar surface area (TPSA) is 30.9 Å². The molecule has 116 valence electrons. The quantitative estimate of drug-likeness (QED) is 0.523. The van der Waals surface area contributed by atoms with Crippen molar-refractivity contribution < 1.29 is 4.39 Å². The van der Waals surface area contributed by atoms with Crippen molar-refractivity contribution in [1.29, 1.82) is 0 Å². The van der Waals surface area contributed by atoms with Crippen LogP contribution in [0.3, 0.4) is 0 Å². The standard InChI is InChI=1S/C15H23FN4S/c1-17-15(18-7-12-21-2)20-10-8-19(9-11-20)14-5-3-13(16)4-6-14/h3-6H,7-12H2,1-2H3,(H,17,18). The maximum absolute atomic E-state index is 13.0. The summed E-state index contributed by atoms with van der Waals surface area (Å²) in [4.78, 5) is 8.91. The van der Waals surface area contributed by atoms with Crippen LogP contribution >= 0.6 is 11.8 Å². The zero-order chi connectivity index (χ0) is 15.1. The summed E-state index contributed by atoms with van der Waals surface area (Å²) in [6.07, 6.45) is 2.10. The van der Waals surface area contributed by atoms with E-state index in [-0.39, 0.29) is 5.82 Å². The van der Waals surface area contributed by atoms with Crippen LogP contribution in [0.5, 0.6) is 0 Å². The Balaban J connectivity index is 1.85. The van der Waals surface area contributed by atoms with Gasteiger partial charge in [-0.1, -0.05) is 0 Å². The van der Waals surface area contributed by atoms with E-state index in [4.69, 9.17) is 0 Å². The van der Waals surface area contributed by atoms with Crippen molar-refractivity contribution in [2.24, 2.45) is 4.99 Å². The molecule has 0 atom stereocenters. The van der Waals surface area contributed by atoms with Crippen LogP contribution in [0.4, 0.5) is 10.1 Å². The van der Waals surface area contributed by atoms with Gasteiger partial charge in [0.1, 0.15) is 5.82 Å². The lowest BCUT2D eigenvalue weighted by atomic mass is 10.2. The zero-order valence-electron chi connectivity index (χ0n) is 12.7. The number of rotatable bonds is 4. The van der Waals surface area contributed by atoms with Gasteiger partial charge in [0.2, 0.25) is 0 Å². The second kappa shape index (κ2) is 8.12. The maximum Gasteiger partial charge on any atom is 0.193 e. The van der Waals surface area contributed by atoms with Gasteiger partial charge in [0.15, 0.2) is 5.96 Å². The lowest BCUT2D eigenvalue weighted by Crippen LogP contribution is -2.52. The third-order valence-corrected chi connectivity index (χ3v) is 4.18. The highest BCUT2D eigenvalue weighted by Gasteiger charge is 2.19. The predicted octanol–water partition coefficient (Wildman–Crippen LogP) is 1.89. The molecular weight excluding hydrogens is 287 g/mol. The van der Waals surface area contributed by atoms with Crippen LogP contribution in [-0.2, 0) is 0 Å². The number of halogens is 1. The van der Waals surface area contributed by atoms with Crippen LogP contribution in [0.25, 0.3) is 0 Å². The molecule has 1 aliphatic rings. The minimum absolute atomic E-state index is 0.184. The van der Waals surface area contributed by atoms with Gasteiger partial charge >= 0.3 is 0 Å². The van der Waals surface area contributed by atoms with E-state index in [1.165, 1.54) is 12.1 Å². The van der Waals surface area contributed by atoms with Gasteiger partial charge in [-0.25, -0.2) is 4.39 Å². The van der Waals surface area contributed by atoms with E-state index in [2.05, 4.69) is 26.4 Å². The van der Waals surface area contributed by atoms with Crippen LogP contribution in [0.2, 0.25) is 0 Å². The molecule has 1 saturated heterocycles. The van der Waals surface area contributed by atoms with Gasteiger partial charge in [-0.2, -0.15) is 11.8 Å². The fourth-order valence-corrected chi connectivity index (χ4v) is 2.73. The van der Waals surface area contributed by atoms with Crippen LogP contribution in [0.15, 0.2) is 29.3 Å². The number of piperazine rings is 1. The minimum Gasteiger partial charge on any atom is -0.368 e. The molecule has 1 aliphatic heterocycles. The lowest BCUT2D eigenvalue weighted by molar-refractivity contribution is 0.373. The highest BCUT2D eigenvalue weighted by atomic mass is 32.2. The number of thioether (sulfide) groups is 1. The molecule has 1 aromatic carbocycles. The highest BCUT2D eigenvalue weighted by molar-refractivity contribution is 7.98. The van der Waals surface area contributed by atoms with Crippen molar-refractivity contribution in [3.63, 3.8) is 0 Å². The lowest BCUT2D eigenvalue weighted by Gasteiger charge is -2.37. The molecule has 0 saturated carbocycles. The molecule has 4 nitrogen and oxygen atoms in total. The van der Waals surface area contributed by atoms with E-state index < -0.39 is 0 Å². The SMILES string of the molecule is CN=C(NCCSC)N1CCN(c2ccc(F)cc2)CC1. The summed E-state index contributed by atoms with van der Waals surface area (Å²) >= 11 is 1.82. The Morgan fingerprint density at radius 2 is 1.90 bits per heavy atom. The van der Waals surface area contributed by atoms with Crippen molar-refractivity contribution >= 4 is 23.4 Å².